The number of hydrogen-bond acceptors (Lipinski definition) is 7. The Bertz CT molecular complexity index is 801. The monoisotopic (exact) mass is 344 g/mol. The quantitative estimate of drug-likeness (QED) is 0.665. The molecule has 3 rings (SSSR count). The molecule has 0 aliphatic rings. The largest absolute Gasteiger partial charge is 0.396 e. The number of aromatic nitrogens is 5. The molecule has 3 aromatic rings. The molecule has 2 aromatic heterocycles. The number of aliphatic hydroxyl groups excluding tert-OH is 1. The van der Waals surface area contributed by atoms with Crippen molar-refractivity contribution in [2.24, 2.45) is 0 Å². The van der Waals surface area contributed by atoms with Crippen LogP contribution in [-0.2, 0) is 13.1 Å². The molecule has 9 heteroatoms. The van der Waals surface area contributed by atoms with Crippen LogP contribution in [0.15, 0.2) is 36.5 Å². The van der Waals surface area contributed by atoms with E-state index < -0.39 is 0 Å². The van der Waals surface area contributed by atoms with Gasteiger partial charge in [0.15, 0.2) is 5.69 Å². The second-order valence-electron chi connectivity index (χ2n) is 4.99. The van der Waals surface area contributed by atoms with E-state index in [9.17, 15) is 4.79 Å². The van der Waals surface area contributed by atoms with Crippen molar-refractivity contribution in [2.75, 3.05) is 6.61 Å². The summed E-state index contributed by atoms with van der Waals surface area (Å²) >= 11 is 1.43. The molecule has 0 atom stereocenters. The van der Waals surface area contributed by atoms with Crippen LogP contribution >= 0.6 is 11.3 Å². The summed E-state index contributed by atoms with van der Waals surface area (Å²) in [6.45, 7) is 0.878. The highest BCUT2D eigenvalue weighted by atomic mass is 32.1. The predicted octanol–water partition coefficient (Wildman–Crippen LogP) is 1.11. The zero-order valence-electron chi connectivity index (χ0n) is 12.8. The van der Waals surface area contributed by atoms with Gasteiger partial charge >= 0.3 is 0 Å². The van der Waals surface area contributed by atoms with Crippen molar-refractivity contribution in [3.8, 4) is 10.6 Å². The molecule has 24 heavy (non-hydrogen) atoms. The van der Waals surface area contributed by atoms with E-state index in [1.807, 2.05) is 30.3 Å². The number of carbonyl (C=O) groups is 1. The Labute approximate surface area is 142 Å². The van der Waals surface area contributed by atoms with E-state index in [-0.39, 0.29) is 24.8 Å². The number of nitrogens with one attached hydrogen (secondary N) is 1. The Morgan fingerprint density at radius 3 is 2.83 bits per heavy atom. The van der Waals surface area contributed by atoms with Crippen molar-refractivity contribution in [1.82, 2.24) is 30.5 Å². The molecule has 0 aliphatic carbocycles. The molecule has 1 amide bonds. The second-order valence-corrected chi connectivity index (χ2v) is 6.06. The van der Waals surface area contributed by atoms with E-state index in [2.05, 4.69) is 25.8 Å². The molecule has 0 radical (unpaired) electrons. The maximum atomic E-state index is 12.1. The molecule has 124 valence electrons. The summed E-state index contributed by atoms with van der Waals surface area (Å²) in [5.41, 5.74) is 1.24. The van der Waals surface area contributed by atoms with Crippen LogP contribution in [-0.4, -0.2) is 42.8 Å². The fourth-order valence-corrected chi connectivity index (χ4v) is 2.80. The summed E-state index contributed by atoms with van der Waals surface area (Å²) in [7, 11) is 0. The van der Waals surface area contributed by atoms with Crippen LogP contribution in [0.3, 0.4) is 0 Å². The first kappa shape index (κ1) is 16.2. The molecule has 0 saturated heterocycles. The van der Waals surface area contributed by atoms with Crippen molar-refractivity contribution >= 4 is 17.2 Å². The Morgan fingerprint density at radius 2 is 2.04 bits per heavy atom. The minimum atomic E-state index is -0.318. The molecule has 0 saturated carbocycles. The first-order valence-corrected chi connectivity index (χ1v) is 8.25. The van der Waals surface area contributed by atoms with E-state index in [0.29, 0.717) is 13.0 Å². The highest BCUT2D eigenvalue weighted by molar-refractivity contribution is 7.14. The van der Waals surface area contributed by atoms with Gasteiger partial charge in [0.1, 0.15) is 10.0 Å². The van der Waals surface area contributed by atoms with Gasteiger partial charge in [0.05, 0.1) is 12.7 Å². The lowest BCUT2D eigenvalue weighted by molar-refractivity contribution is 0.0945. The molecule has 8 nitrogen and oxygen atoms in total. The molecular formula is C15H16N6O2S. The Kier molecular flexibility index (Phi) is 5.24. The molecular weight excluding hydrogens is 328 g/mol. The molecule has 2 heterocycles. The molecule has 2 N–H and O–H groups in total. The van der Waals surface area contributed by atoms with Crippen LogP contribution in [0.1, 0.15) is 21.9 Å². The minimum Gasteiger partial charge on any atom is -0.396 e. The van der Waals surface area contributed by atoms with E-state index in [1.54, 1.807) is 6.20 Å². The lowest BCUT2D eigenvalue weighted by Gasteiger charge is -1.98. The van der Waals surface area contributed by atoms with Gasteiger partial charge in [0, 0.05) is 18.7 Å². The number of rotatable bonds is 7. The summed E-state index contributed by atoms with van der Waals surface area (Å²) in [6, 6.07) is 9.76. The highest BCUT2D eigenvalue weighted by Crippen LogP contribution is 2.22. The van der Waals surface area contributed by atoms with Crippen LogP contribution in [0.4, 0.5) is 0 Å². The van der Waals surface area contributed by atoms with E-state index >= 15 is 0 Å². The van der Waals surface area contributed by atoms with Crippen LogP contribution in [0, 0.1) is 0 Å². The standard InChI is InChI=1S/C15H16N6O2S/c22-8-4-7-21-10-12(17-20-21)14(23)16-9-13-18-19-15(24-13)11-5-2-1-3-6-11/h1-3,5-6,10,22H,4,7-9H2,(H,16,23). The third-order valence-corrected chi connectivity index (χ3v) is 4.18. The maximum Gasteiger partial charge on any atom is 0.273 e. The number of benzene rings is 1. The SMILES string of the molecule is O=C(NCc1nnc(-c2ccccc2)s1)c1cn(CCCO)nn1. The van der Waals surface area contributed by atoms with Gasteiger partial charge in [0.25, 0.3) is 5.91 Å². The van der Waals surface area contributed by atoms with Crippen molar-refractivity contribution in [1.29, 1.82) is 0 Å². The molecule has 0 unspecified atom stereocenters. The summed E-state index contributed by atoms with van der Waals surface area (Å²) in [5, 5.41) is 29.0. The maximum absolute atomic E-state index is 12.1. The third kappa shape index (κ3) is 4.00. The first-order valence-electron chi connectivity index (χ1n) is 7.43. The lowest BCUT2D eigenvalue weighted by atomic mass is 10.2. The zero-order chi connectivity index (χ0) is 16.8. The van der Waals surface area contributed by atoms with Gasteiger partial charge < -0.3 is 10.4 Å². The van der Waals surface area contributed by atoms with Gasteiger partial charge in [-0.2, -0.15) is 0 Å². The van der Waals surface area contributed by atoms with Crippen molar-refractivity contribution in [3.63, 3.8) is 0 Å². The van der Waals surface area contributed by atoms with Gasteiger partial charge in [0.2, 0.25) is 0 Å². The number of hydrogen-bond donors (Lipinski definition) is 2. The van der Waals surface area contributed by atoms with Crippen LogP contribution < -0.4 is 5.32 Å². The van der Waals surface area contributed by atoms with Crippen molar-refractivity contribution in [2.45, 2.75) is 19.5 Å². The Morgan fingerprint density at radius 1 is 1.21 bits per heavy atom. The van der Waals surface area contributed by atoms with Crippen LogP contribution in [0.5, 0.6) is 0 Å². The summed E-state index contributed by atoms with van der Waals surface area (Å²) in [5.74, 6) is -0.318. The Hall–Kier alpha value is -2.65. The fraction of sp³-hybridized carbons (Fsp3) is 0.267. The number of nitrogens with zero attached hydrogens (tertiary/aromatic N) is 5. The summed E-state index contributed by atoms with van der Waals surface area (Å²) in [6.07, 6.45) is 2.12. The van der Waals surface area contributed by atoms with Crippen molar-refractivity contribution < 1.29 is 9.90 Å². The summed E-state index contributed by atoms with van der Waals surface area (Å²) in [4.78, 5) is 12.1. The average molecular weight is 344 g/mol. The first-order chi connectivity index (χ1) is 11.8. The second kappa shape index (κ2) is 7.75. The molecule has 0 aliphatic heterocycles. The van der Waals surface area contributed by atoms with Gasteiger partial charge in [-0.15, -0.1) is 15.3 Å². The minimum absolute atomic E-state index is 0.0716. The van der Waals surface area contributed by atoms with Crippen LogP contribution in [0.25, 0.3) is 10.6 Å². The number of aliphatic hydroxyl groups is 1. The fourth-order valence-electron chi connectivity index (χ4n) is 2.01. The highest BCUT2D eigenvalue weighted by Gasteiger charge is 2.12. The van der Waals surface area contributed by atoms with Gasteiger partial charge in [-0.3, -0.25) is 9.48 Å². The van der Waals surface area contributed by atoms with Crippen molar-refractivity contribution in [3.05, 3.63) is 47.2 Å². The zero-order valence-corrected chi connectivity index (χ0v) is 13.6. The van der Waals surface area contributed by atoms with Gasteiger partial charge in [-0.05, 0) is 6.42 Å². The molecule has 0 spiro atoms. The van der Waals surface area contributed by atoms with Gasteiger partial charge in [-0.25, -0.2) is 0 Å². The summed E-state index contributed by atoms with van der Waals surface area (Å²) < 4.78 is 1.53. The lowest BCUT2D eigenvalue weighted by Crippen LogP contribution is -2.23. The smallest absolute Gasteiger partial charge is 0.273 e. The third-order valence-electron chi connectivity index (χ3n) is 3.20. The van der Waals surface area contributed by atoms with Gasteiger partial charge in [-0.1, -0.05) is 46.9 Å². The molecule has 0 fully saturated rings. The van der Waals surface area contributed by atoms with E-state index in [4.69, 9.17) is 5.11 Å². The topological polar surface area (TPSA) is 106 Å². The Balaban J connectivity index is 1.57. The average Bonchev–Trinajstić information content (AvgIpc) is 3.28. The van der Waals surface area contributed by atoms with E-state index in [1.165, 1.54) is 16.0 Å². The number of amides is 1. The number of aryl methyl sites for hydroxylation is 1. The van der Waals surface area contributed by atoms with E-state index in [0.717, 1.165) is 15.6 Å². The number of carbonyl (C=O) groups excluding carboxylic acids is 1. The van der Waals surface area contributed by atoms with Crippen LogP contribution in [0.2, 0.25) is 0 Å². The predicted molar refractivity (Wildman–Crippen MR) is 88.2 cm³/mol. The molecule has 0 bridgehead atoms. The molecule has 1 aromatic carbocycles. The normalized spacial score (nSPS) is 10.7.